The number of halogens is 1. The minimum atomic E-state index is -1.11. The fraction of sp³-hybridized carbons (Fsp3) is 0.300. The number of aromatic amines is 1. The zero-order valence-corrected chi connectivity index (χ0v) is 15.4. The maximum atomic E-state index is 14.1. The van der Waals surface area contributed by atoms with E-state index in [0.29, 0.717) is 24.6 Å². The summed E-state index contributed by atoms with van der Waals surface area (Å²) in [5.41, 5.74) is 3.52. The number of anilines is 2. The van der Waals surface area contributed by atoms with Crippen LogP contribution in [0.5, 0.6) is 5.75 Å². The summed E-state index contributed by atoms with van der Waals surface area (Å²) in [4.78, 5) is 4.37. The summed E-state index contributed by atoms with van der Waals surface area (Å²) in [6.45, 7) is 0.616. The second kappa shape index (κ2) is 6.79. The number of pyridine rings is 1. The van der Waals surface area contributed by atoms with Crippen LogP contribution in [0.3, 0.4) is 0 Å². The minimum Gasteiger partial charge on any atom is -0.485 e. The van der Waals surface area contributed by atoms with Crippen LogP contribution in [0, 0.1) is 0 Å². The molecule has 1 saturated heterocycles. The third-order valence-corrected chi connectivity index (χ3v) is 5.04. The van der Waals surface area contributed by atoms with Crippen molar-refractivity contribution in [3.8, 4) is 5.75 Å². The van der Waals surface area contributed by atoms with Gasteiger partial charge in [0.05, 0.1) is 24.2 Å². The van der Waals surface area contributed by atoms with Crippen molar-refractivity contribution in [3.05, 3.63) is 42.7 Å². The number of hydrogen-bond acceptors (Lipinski definition) is 5. The lowest BCUT2D eigenvalue weighted by molar-refractivity contribution is -0.0377. The summed E-state index contributed by atoms with van der Waals surface area (Å²) in [5.74, 6) is 1.36. The van der Waals surface area contributed by atoms with Crippen molar-refractivity contribution in [2.45, 2.75) is 18.7 Å². The van der Waals surface area contributed by atoms with Gasteiger partial charge in [0.25, 0.3) is 0 Å². The molecule has 144 valence electrons. The number of nitrogens with zero attached hydrogens (tertiary/aromatic N) is 3. The molecule has 5 rings (SSSR count). The lowest BCUT2D eigenvalue weighted by Crippen LogP contribution is -2.37. The molecular weight excluding hydrogens is 361 g/mol. The fourth-order valence-corrected chi connectivity index (χ4v) is 3.58. The van der Waals surface area contributed by atoms with E-state index in [4.69, 9.17) is 9.47 Å². The number of aromatic nitrogens is 4. The number of aryl methyl sites for hydroxylation is 1. The number of H-pyrrole nitrogens is 1. The van der Waals surface area contributed by atoms with E-state index >= 15 is 0 Å². The van der Waals surface area contributed by atoms with Crippen molar-refractivity contribution in [1.29, 1.82) is 0 Å². The number of benzene rings is 1. The molecule has 2 unspecified atom stereocenters. The maximum Gasteiger partial charge on any atom is 0.178 e. The first-order valence-electron chi connectivity index (χ1n) is 9.23. The minimum absolute atomic E-state index is 0.0924. The van der Waals surface area contributed by atoms with E-state index in [2.05, 4.69) is 20.5 Å². The van der Waals surface area contributed by atoms with Crippen LogP contribution in [0.1, 0.15) is 6.42 Å². The number of rotatable bonds is 4. The van der Waals surface area contributed by atoms with Crippen molar-refractivity contribution >= 4 is 33.4 Å². The lowest BCUT2D eigenvalue weighted by atomic mass is 10.1. The Morgan fingerprint density at radius 2 is 2.29 bits per heavy atom. The highest BCUT2D eigenvalue weighted by atomic mass is 19.1. The zero-order valence-electron chi connectivity index (χ0n) is 15.4. The standard InChI is InChI=1S/C20H20FN5O2/c1-26-10-18(28-17-6-8-27-11-14(17)21)13-5-4-12(9-16(13)26)23-20-19-15(24-25-20)3-2-7-22-19/h2-5,7,9-10,14,17H,6,8,11H2,1H3,(H2,23,24,25). The summed E-state index contributed by atoms with van der Waals surface area (Å²) in [6.07, 6.45) is 2.60. The predicted molar refractivity (Wildman–Crippen MR) is 105 cm³/mol. The SMILES string of the molecule is Cn1cc(OC2CCOCC2F)c2ccc(Nc3n[nH]c4cccnc34)cc21. The Kier molecular flexibility index (Phi) is 4.12. The quantitative estimate of drug-likeness (QED) is 0.564. The third-order valence-electron chi connectivity index (χ3n) is 5.04. The Morgan fingerprint density at radius 3 is 3.18 bits per heavy atom. The van der Waals surface area contributed by atoms with Gasteiger partial charge in [0, 0.05) is 36.9 Å². The molecule has 1 fully saturated rings. The predicted octanol–water partition coefficient (Wildman–Crippen LogP) is 3.70. The first-order valence-corrected chi connectivity index (χ1v) is 9.23. The molecule has 0 bridgehead atoms. The van der Waals surface area contributed by atoms with Crippen LogP contribution < -0.4 is 10.1 Å². The van der Waals surface area contributed by atoms with Gasteiger partial charge < -0.3 is 19.4 Å². The van der Waals surface area contributed by atoms with Crippen LogP contribution in [-0.2, 0) is 11.8 Å². The van der Waals surface area contributed by atoms with Gasteiger partial charge in [0.15, 0.2) is 12.0 Å². The molecule has 4 aromatic rings. The van der Waals surface area contributed by atoms with Gasteiger partial charge in [0.1, 0.15) is 17.4 Å². The second-order valence-corrected chi connectivity index (χ2v) is 6.97. The van der Waals surface area contributed by atoms with E-state index in [1.165, 1.54) is 0 Å². The Labute approximate surface area is 160 Å². The van der Waals surface area contributed by atoms with Crippen molar-refractivity contribution < 1.29 is 13.9 Å². The largest absolute Gasteiger partial charge is 0.485 e. The normalized spacial score (nSPS) is 19.9. The molecule has 4 heterocycles. The molecular formula is C20H20FN5O2. The molecule has 1 aliphatic rings. The highest BCUT2D eigenvalue weighted by Gasteiger charge is 2.28. The zero-order chi connectivity index (χ0) is 19.1. The van der Waals surface area contributed by atoms with E-state index in [0.717, 1.165) is 27.6 Å². The maximum absolute atomic E-state index is 14.1. The van der Waals surface area contributed by atoms with Crippen LogP contribution in [0.4, 0.5) is 15.9 Å². The number of alkyl halides is 1. The third kappa shape index (κ3) is 2.95. The molecule has 0 radical (unpaired) electrons. The Morgan fingerprint density at radius 1 is 1.36 bits per heavy atom. The van der Waals surface area contributed by atoms with Crippen LogP contribution in [0.25, 0.3) is 21.9 Å². The molecule has 28 heavy (non-hydrogen) atoms. The van der Waals surface area contributed by atoms with Gasteiger partial charge in [-0.2, -0.15) is 5.10 Å². The molecule has 0 saturated carbocycles. The first-order chi connectivity index (χ1) is 13.7. The monoisotopic (exact) mass is 381 g/mol. The van der Waals surface area contributed by atoms with Gasteiger partial charge in [-0.15, -0.1) is 0 Å². The highest BCUT2D eigenvalue weighted by Crippen LogP contribution is 2.33. The molecule has 7 nitrogen and oxygen atoms in total. The fourth-order valence-electron chi connectivity index (χ4n) is 3.58. The number of ether oxygens (including phenoxy) is 2. The van der Waals surface area contributed by atoms with E-state index in [1.807, 2.05) is 48.1 Å². The van der Waals surface area contributed by atoms with Crippen molar-refractivity contribution in [3.63, 3.8) is 0 Å². The molecule has 1 aromatic carbocycles. The van der Waals surface area contributed by atoms with Crippen molar-refractivity contribution in [2.24, 2.45) is 7.05 Å². The van der Waals surface area contributed by atoms with Gasteiger partial charge in [-0.1, -0.05) is 0 Å². The summed E-state index contributed by atoms with van der Waals surface area (Å²) in [6, 6.07) is 9.74. The van der Waals surface area contributed by atoms with Crippen molar-refractivity contribution in [1.82, 2.24) is 19.7 Å². The van der Waals surface area contributed by atoms with E-state index in [1.54, 1.807) is 6.20 Å². The van der Waals surface area contributed by atoms with Crippen LogP contribution in [-0.4, -0.2) is 45.2 Å². The Bertz CT molecular complexity index is 1140. The van der Waals surface area contributed by atoms with Crippen molar-refractivity contribution in [2.75, 3.05) is 18.5 Å². The van der Waals surface area contributed by atoms with Crippen LogP contribution in [0.15, 0.2) is 42.7 Å². The van der Waals surface area contributed by atoms with Gasteiger partial charge >= 0.3 is 0 Å². The molecule has 0 spiro atoms. The van der Waals surface area contributed by atoms with Gasteiger partial charge in [-0.25, -0.2) is 4.39 Å². The molecule has 2 atom stereocenters. The van der Waals surface area contributed by atoms with Crippen LogP contribution >= 0.6 is 0 Å². The van der Waals surface area contributed by atoms with E-state index in [-0.39, 0.29) is 6.61 Å². The summed E-state index contributed by atoms with van der Waals surface area (Å²) in [5, 5.41) is 11.5. The number of hydrogen-bond donors (Lipinski definition) is 2. The number of nitrogens with one attached hydrogen (secondary N) is 2. The smallest absolute Gasteiger partial charge is 0.178 e. The number of fused-ring (bicyclic) bond motifs is 2. The van der Waals surface area contributed by atoms with Gasteiger partial charge in [-0.3, -0.25) is 10.1 Å². The summed E-state index contributed by atoms with van der Waals surface area (Å²) < 4.78 is 27.2. The summed E-state index contributed by atoms with van der Waals surface area (Å²) >= 11 is 0. The Hall–Kier alpha value is -3.13. The Balaban J connectivity index is 1.44. The molecule has 2 N–H and O–H groups in total. The average Bonchev–Trinajstić information content (AvgIpc) is 3.25. The topological polar surface area (TPSA) is 77.0 Å². The molecule has 0 amide bonds. The van der Waals surface area contributed by atoms with Crippen LogP contribution in [0.2, 0.25) is 0 Å². The molecule has 0 aliphatic carbocycles. The van der Waals surface area contributed by atoms with Gasteiger partial charge in [0.2, 0.25) is 0 Å². The molecule has 3 aromatic heterocycles. The molecule has 8 heteroatoms. The van der Waals surface area contributed by atoms with Gasteiger partial charge in [-0.05, 0) is 30.3 Å². The second-order valence-electron chi connectivity index (χ2n) is 6.97. The summed E-state index contributed by atoms with van der Waals surface area (Å²) in [7, 11) is 1.95. The first kappa shape index (κ1) is 17.0. The average molecular weight is 381 g/mol. The lowest BCUT2D eigenvalue weighted by Gasteiger charge is -2.26. The molecule has 1 aliphatic heterocycles. The van der Waals surface area contributed by atoms with E-state index in [9.17, 15) is 4.39 Å². The van der Waals surface area contributed by atoms with E-state index < -0.39 is 12.3 Å². The highest BCUT2D eigenvalue weighted by molar-refractivity contribution is 5.92.